The van der Waals surface area contributed by atoms with Crippen LogP contribution in [0.25, 0.3) is 0 Å². The highest BCUT2D eigenvalue weighted by Gasteiger charge is 1.98. The minimum absolute atomic E-state index is 0.823. The first-order valence-corrected chi connectivity index (χ1v) is 5.42. The van der Waals surface area contributed by atoms with Crippen LogP contribution in [0.5, 0.6) is 0 Å². The molecule has 3 heteroatoms. The molecule has 0 aliphatic rings. The Morgan fingerprint density at radius 3 is 2.73 bits per heavy atom. The summed E-state index contributed by atoms with van der Waals surface area (Å²) in [4.78, 5) is 2.28. The van der Waals surface area contributed by atoms with Gasteiger partial charge in [0.25, 0.3) is 0 Å². The number of aryl methyl sites for hydroxylation is 1. The molecule has 0 atom stereocenters. The first-order valence-electron chi connectivity index (χ1n) is 5.42. The molecule has 0 unspecified atom stereocenters. The molecule has 1 rings (SSSR count). The number of nitrogens with zero attached hydrogens (tertiary/aromatic N) is 1. The van der Waals surface area contributed by atoms with E-state index in [0.717, 1.165) is 25.3 Å². The SMILES string of the molecule is CCN(C)CCNc1ccc(N)cc1C. The zero-order valence-corrected chi connectivity index (χ0v) is 9.88. The number of anilines is 2. The largest absolute Gasteiger partial charge is 0.399 e. The zero-order valence-electron chi connectivity index (χ0n) is 9.88. The summed E-state index contributed by atoms with van der Waals surface area (Å²) in [7, 11) is 2.12. The summed E-state index contributed by atoms with van der Waals surface area (Å²) in [5.74, 6) is 0. The molecule has 1 aromatic rings. The molecule has 1 aromatic carbocycles. The van der Waals surface area contributed by atoms with Crippen molar-refractivity contribution in [1.29, 1.82) is 0 Å². The predicted octanol–water partition coefficient (Wildman–Crippen LogP) is 1.94. The minimum atomic E-state index is 0.823. The smallest absolute Gasteiger partial charge is 0.0371 e. The van der Waals surface area contributed by atoms with Gasteiger partial charge in [0.05, 0.1) is 0 Å². The number of rotatable bonds is 5. The van der Waals surface area contributed by atoms with E-state index >= 15 is 0 Å². The van der Waals surface area contributed by atoms with Gasteiger partial charge in [0.15, 0.2) is 0 Å². The highest BCUT2D eigenvalue weighted by molar-refractivity contribution is 5.57. The van der Waals surface area contributed by atoms with E-state index in [9.17, 15) is 0 Å². The van der Waals surface area contributed by atoms with Crippen LogP contribution in [-0.2, 0) is 0 Å². The first kappa shape index (κ1) is 11.9. The maximum Gasteiger partial charge on any atom is 0.0371 e. The monoisotopic (exact) mass is 207 g/mol. The fourth-order valence-corrected chi connectivity index (χ4v) is 1.42. The van der Waals surface area contributed by atoms with Gasteiger partial charge < -0.3 is 16.0 Å². The van der Waals surface area contributed by atoms with Gasteiger partial charge in [-0.3, -0.25) is 0 Å². The molecule has 0 amide bonds. The van der Waals surface area contributed by atoms with Gasteiger partial charge >= 0.3 is 0 Å². The number of nitrogens with two attached hydrogens (primary N) is 1. The molecule has 0 saturated carbocycles. The highest BCUT2D eigenvalue weighted by atomic mass is 15.1. The van der Waals surface area contributed by atoms with Crippen molar-refractivity contribution in [3.8, 4) is 0 Å². The van der Waals surface area contributed by atoms with E-state index in [-0.39, 0.29) is 0 Å². The van der Waals surface area contributed by atoms with Gasteiger partial charge in [-0.1, -0.05) is 6.92 Å². The zero-order chi connectivity index (χ0) is 11.3. The second-order valence-electron chi connectivity index (χ2n) is 3.90. The van der Waals surface area contributed by atoms with Crippen LogP contribution in [0.1, 0.15) is 12.5 Å². The average Bonchev–Trinajstić information content (AvgIpc) is 2.21. The number of likely N-dealkylation sites (N-methyl/N-ethyl adjacent to an activating group) is 1. The molecule has 3 N–H and O–H groups in total. The number of hydrogen-bond donors (Lipinski definition) is 2. The number of benzene rings is 1. The van der Waals surface area contributed by atoms with Crippen molar-refractivity contribution in [3.05, 3.63) is 23.8 Å². The summed E-state index contributed by atoms with van der Waals surface area (Å²) in [5.41, 5.74) is 8.89. The lowest BCUT2D eigenvalue weighted by Crippen LogP contribution is -2.24. The lowest BCUT2D eigenvalue weighted by Gasteiger charge is -2.15. The van der Waals surface area contributed by atoms with Gasteiger partial charge in [-0.05, 0) is 44.3 Å². The van der Waals surface area contributed by atoms with Crippen molar-refractivity contribution in [1.82, 2.24) is 4.90 Å². The van der Waals surface area contributed by atoms with Gasteiger partial charge in [-0.2, -0.15) is 0 Å². The lowest BCUT2D eigenvalue weighted by molar-refractivity contribution is 0.367. The van der Waals surface area contributed by atoms with Crippen molar-refractivity contribution >= 4 is 11.4 Å². The van der Waals surface area contributed by atoms with E-state index in [4.69, 9.17) is 5.73 Å². The van der Waals surface area contributed by atoms with Gasteiger partial charge in [0.2, 0.25) is 0 Å². The highest BCUT2D eigenvalue weighted by Crippen LogP contribution is 2.16. The summed E-state index contributed by atoms with van der Waals surface area (Å²) >= 11 is 0. The topological polar surface area (TPSA) is 41.3 Å². The molecule has 0 saturated heterocycles. The Balaban J connectivity index is 2.44. The molecule has 84 valence electrons. The Morgan fingerprint density at radius 1 is 1.40 bits per heavy atom. The Morgan fingerprint density at radius 2 is 2.13 bits per heavy atom. The number of hydrogen-bond acceptors (Lipinski definition) is 3. The van der Waals surface area contributed by atoms with E-state index in [1.54, 1.807) is 0 Å². The number of nitrogen functional groups attached to an aromatic ring is 1. The molecular formula is C12H21N3. The fraction of sp³-hybridized carbons (Fsp3) is 0.500. The van der Waals surface area contributed by atoms with Crippen molar-refractivity contribution in [2.24, 2.45) is 0 Å². The van der Waals surface area contributed by atoms with Crippen LogP contribution in [-0.4, -0.2) is 31.6 Å². The van der Waals surface area contributed by atoms with E-state index < -0.39 is 0 Å². The van der Waals surface area contributed by atoms with Crippen LogP contribution in [0.15, 0.2) is 18.2 Å². The summed E-state index contributed by atoms with van der Waals surface area (Å²) in [5, 5.41) is 3.41. The average molecular weight is 207 g/mol. The van der Waals surface area contributed by atoms with Crippen LogP contribution in [0.3, 0.4) is 0 Å². The van der Waals surface area contributed by atoms with Crippen LogP contribution in [0.4, 0.5) is 11.4 Å². The molecule has 0 aliphatic heterocycles. The fourth-order valence-electron chi connectivity index (χ4n) is 1.42. The van der Waals surface area contributed by atoms with Gasteiger partial charge in [-0.25, -0.2) is 0 Å². The van der Waals surface area contributed by atoms with Crippen LogP contribution < -0.4 is 11.1 Å². The third-order valence-corrected chi connectivity index (χ3v) is 2.60. The quantitative estimate of drug-likeness (QED) is 0.725. The second kappa shape index (κ2) is 5.61. The van der Waals surface area contributed by atoms with Crippen molar-refractivity contribution < 1.29 is 0 Å². The molecule has 0 aromatic heterocycles. The molecule has 0 radical (unpaired) electrons. The van der Waals surface area contributed by atoms with Crippen LogP contribution >= 0.6 is 0 Å². The van der Waals surface area contributed by atoms with Crippen LogP contribution in [0.2, 0.25) is 0 Å². The number of nitrogens with one attached hydrogen (secondary N) is 1. The Bertz CT molecular complexity index is 310. The van der Waals surface area contributed by atoms with Crippen LogP contribution in [0, 0.1) is 6.92 Å². The summed E-state index contributed by atoms with van der Waals surface area (Å²) in [6, 6.07) is 5.96. The van der Waals surface area contributed by atoms with E-state index in [2.05, 4.69) is 31.1 Å². The first-order chi connectivity index (χ1) is 7.13. The van der Waals surface area contributed by atoms with Gasteiger partial charge in [0.1, 0.15) is 0 Å². The molecule has 15 heavy (non-hydrogen) atoms. The Labute approximate surface area is 92.3 Å². The standard InChI is InChI=1S/C12H21N3/c1-4-15(3)8-7-14-12-6-5-11(13)9-10(12)2/h5-6,9,14H,4,7-8,13H2,1-3H3. The molecule has 0 spiro atoms. The minimum Gasteiger partial charge on any atom is -0.399 e. The summed E-state index contributed by atoms with van der Waals surface area (Å²) in [6.45, 7) is 7.34. The normalized spacial score (nSPS) is 10.7. The molecular weight excluding hydrogens is 186 g/mol. The third kappa shape index (κ3) is 3.80. The summed E-state index contributed by atoms with van der Waals surface area (Å²) < 4.78 is 0. The van der Waals surface area contributed by atoms with Crippen molar-refractivity contribution in [2.45, 2.75) is 13.8 Å². The van der Waals surface area contributed by atoms with Gasteiger partial charge in [-0.15, -0.1) is 0 Å². The second-order valence-corrected chi connectivity index (χ2v) is 3.90. The third-order valence-electron chi connectivity index (χ3n) is 2.60. The lowest BCUT2D eigenvalue weighted by atomic mass is 10.2. The maximum atomic E-state index is 5.69. The molecule has 0 aliphatic carbocycles. The predicted molar refractivity (Wildman–Crippen MR) is 67.3 cm³/mol. The van der Waals surface area contributed by atoms with E-state index in [0.29, 0.717) is 0 Å². The molecule has 3 nitrogen and oxygen atoms in total. The van der Waals surface area contributed by atoms with E-state index in [1.165, 1.54) is 11.3 Å². The molecule has 0 bridgehead atoms. The Kier molecular flexibility index (Phi) is 4.43. The summed E-state index contributed by atoms with van der Waals surface area (Å²) in [6.07, 6.45) is 0. The van der Waals surface area contributed by atoms with E-state index in [1.807, 2.05) is 18.2 Å². The molecule has 0 fully saturated rings. The molecule has 0 heterocycles. The van der Waals surface area contributed by atoms with Gasteiger partial charge in [0, 0.05) is 24.5 Å². The van der Waals surface area contributed by atoms with Crippen molar-refractivity contribution in [3.63, 3.8) is 0 Å². The van der Waals surface area contributed by atoms with Crippen molar-refractivity contribution in [2.75, 3.05) is 37.7 Å². The Hall–Kier alpha value is -1.22. The maximum absolute atomic E-state index is 5.69.